The average Bonchev–Trinajstić information content (AvgIpc) is 2.65. The molecule has 102 valence electrons. The van der Waals surface area contributed by atoms with Gasteiger partial charge in [0.15, 0.2) is 0 Å². The first-order chi connectivity index (χ1) is 8.81. The Morgan fingerprint density at radius 1 is 1.37 bits per heavy atom. The van der Waals surface area contributed by atoms with E-state index in [1.54, 1.807) is 13.0 Å². The van der Waals surface area contributed by atoms with E-state index in [1.807, 2.05) is 0 Å². The molecule has 0 fully saturated rings. The van der Waals surface area contributed by atoms with Gasteiger partial charge in [-0.1, -0.05) is 6.07 Å². The minimum absolute atomic E-state index is 0.0396. The van der Waals surface area contributed by atoms with Crippen molar-refractivity contribution in [3.05, 3.63) is 29.6 Å². The molecular weight excluding hydrogens is 265 g/mol. The van der Waals surface area contributed by atoms with E-state index in [9.17, 15) is 18.0 Å². The number of ether oxygens (including phenoxy) is 1. The molecule has 1 aromatic carbocycles. The smallest absolute Gasteiger partial charge is 0.463 e. The van der Waals surface area contributed by atoms with Crippen LogP contribution in [-0.2, 0) is 4.74 Å². The quantitative estimate of drug-likeness (QED) is 0.787. The number of imidazole rings is 1. The highest BCUT2D eigenvalue weighted by atomic mass is 19.4. The van der Waals surface area contributed by atoms with Gasteiger partial charge in [0, 0.05) is 0 Å². The Bertz CT molecular complexity index is 634. The summed E-state index contributed by atoms with van der Waals surface area (Å²) in [6.07, 6.45) is -4.94. The monoisotopic (exact) mass is 274 g/mol. The van der Waals surface area contributed by atoms with Crippen LogP contribution in [0.4, 0.5) is 13.2 Å². The summed E-state index contributed by atoms with van der Waals surface area (Å²) in [4.78, 5) is 19.0. The third-order valence-corrected chi connectivity index (χ3v) is 2.33. The van der Waals surface area contributed by atoms with Crippen LogP contribution in [0.5, 0.6) is 0 Å². The van der Waals surface area contributed by atoms with Crippen molar-refractivity contribution in [3.8, 4) is 0 Å². The molecule has 19 heavy (non-hydrogen) atoms. The average molecular weight is 274 g/mol. The molecule has 0 saturated heterocycles. The molecule has 0 amide bonds. The highest BCUT2D eigenvalue weighted by molar-refractivity contribution is 5.90. The summed E-state index contributed by atoms with van der Waals surface area (Å²) in [5, 5.41) is 0. The second-order valence-corrected chi connectivity index (χ2v) is 3.75. The Kier molecular flexibility index (Phi) is 3.09. The molecule has 0 aliphatic carbocycles. The van der Waals surface area contributed by atoms with Crippen LogP contribution in [0.25, 0.3) is 11.0 Å². The molecule has 8 heteroatoms. The zero-order valence-electron chi connectivity index (χ0n) is 9.99. The summed E-state index contributed by atoms with van der Waals surface area (Å²) in [5.74, 6) is -1.58. The van der Waals surface area contributed by atoms with Crippen LogP contribution in [0.15, 0.2) is 18.2 Å². The Hall–Kier alpha value is -2.25. The minimum Gasteiger partial charge on any atom is -0.463 e. The molecule has 0 aliphatic rings. The van der Waals surface area contributed by atoms with Crippen LogP contribution in [-0.4, -0.2) is 29.2 Å². The third-order valence-electron chi connectivity index (χ3n) is 2.33. The number of halogens is 3. The number of benzene rings is 1. The first-order valence-electron chi connectivity index (χ1n) is 5.15. The van der Waals surface area contributed by atoms with Crippen LogP contribution >= 0.6 is 0 Å². The SMILES string of the molecule is COC(=O)c1nc2ccc(C)cc2n1OC(F)(F)F. The maximum Gasteiger partial charge on any atom is 0.591 e. The van der Waals surface area contributed by atoms with Gasteiger partial charge < -0.3 is 9.57 Å². The third kappa shape index (κ3) is 2.61. The first-order valence-corrected chi connectivity index (χ1v) is 5.15. The topological polar surface area (TPSA) is 53.3 Å². The maximum atomic E-state index is 12.4. The predicted octanol–water partition coefficient (Wildman–Crippen LogP) is 2.08. The lowest BCUT2D eigenvalue weighted by molar-refractivity contribution is -0.321. The van der Waals surface area contributed by atoms with E-state index in [2.05, 4.69) is 14.6 Å². The van der Waals surface area contributed by atoms with Crippen LogP contribution in [0.1, 0.15) is 16.2 Å². The Balaban J connectivity index is 2.66. The van der Waals surface area contributed by atoms with E-state index in [1.165, 1.54) is 12.1 Å². The van der Waals surface area contributed by atoms with Crippen molar-refractivity contribution in [2.75, 3.05) is 7.11 Å². The van der Waals surface area contributed by atoms with Gasteiger partial charge in [0.1, 0.15) is 5.52 Å². The van der Waals surface area contributed by atoms with Gasteiger partial charge in [-0.05, 0) is 24.6 Å². The number of esters is 1. The van der Waals surface area contributed by atoms with Gasteiger partial charge >= 0.3 is 12.3 Å². The number of carbonyl (C=O) groups excluding carboxylic acids is 1. The summed E-state index contributed by atoms with van der Waals surface area (Å²) in [6, 6.07) is 4.59. The number of fused-ring (bicyclic) bond motifs is 1. The number of hydrogen-bond donors (Lipinski definition) is 0. The maximum absolute atomic E-state index is 12.4. The van der Waals surface area contributed by atoms with Crippen molar-refractivity contribution in [1.29, 1.82) is 0 Å². The Morgan fingerprint density at radius 2 is 2.05 bits per heavy atom. The zero-order valence-corrected chi connectivity index (χ0v) is 9.99. The molecule has 5 nitrogen and oxygen atoms in total. The van der Waals surface area contributed by atoms with Crippen molar-refractivity contribution < 1.29 is 27.5 Å². The van der Waals surface area contributed by atoms with Crippen LogP contribution in [0.2, 0.25) is 0 Å². The molecule has 1 aromatic heterocycles. The van der Waals surface area contributed by atoms with Gasteiger partial charge in [-0.3, -0.25) is 0 Å². The minimum atomic E-state index is -4.94. The van der Waals surface area contributed by atoms with E-state index in [4.69, 9.17) is 0 Å². The predicted molar refractivity (Wildman–Crippen MR) is 58.4 cm³/mol. The van der Waals surface area contributed by atoms with Crippen molar-refractivity contribution in [3.63, 3.8) is 0 Å². The molecule has 0 N–H and O–H groups in total. The number of hydrogen-bond acceptors (Lipinski definition) is 4. The van der Waals surface area contributed by atoms with E-state index in [0.29, 0.717) is 10.3 Å². The largest absolute Gasteiger partial charge is 0.591 e. The Morgan fingerprint density at radius 3 is 2.63 bits per heavy atom. The fraction of sp³-hybridized carbons (Fsp3) is 0.273. The molecule has 0 bridgehead atoms. The van der Waals surface area contributed by atoms with Crippen molar-refractivity contribution in [2.24, 2.45) is 0 Å². The van der Waals surface area contributed by atoms with Crippen molar-refractivity contribution in [1.82, 2.24) is 9.71 Å². The highest BCUT2D eigenvalue weighted by Crippen LogP contribution is 2.21. The van der Waals surface area contributed by atoms with Gasteiger partial charge in [-0.15, -0.1) is 17.9 Å². The number of methoxy groups -OCH3 is 1. The number of nitrogens with zero attached hydrogens (tertiary/aromatic N) is 2. The number of carbonyl (C=O) groups is 1. The van der Waals surface area contributed by atoms with E-state index in [-0.39, 0.29) is 11.0 Å². The standard InChI is InChI=1S/C11H9F3N2O3/c1-6-3-4-7-8(5-6)16(19-11(12,13)14)9(15-7)10(17)18-2/h3-5H,1-2H3. The molecule has 0 unspecified atom stereocenters. The van der Waals surface area contributed by atoms with Crippen LogP contribution < -0.4 is 4.84 Å². The second kappa shape index (κ2) is 4.45. The van der Waals surface area contributed by atoms with Gasteiger partial charge in [-0.25, -0.2) is 9.78 Å². The molecule has 2 rings (SSSR count). The normalized spacial score (nSPS) is 11.6. The summed E-state index contributed by atoms with van der Waals surface area (Å²) < 4.78 is 41.8. The van der Waals surface area contributed by atoms with E-state index in [0.717, 1.165) is 7.11 Å². The molecule has 0 atom stereocenters. The van der Waals surface area contributed by atoms with Crippen LogP contribution in [0.3, 0.4) is 0 Å². The summed E-state index contributed by atoms with van der Waals surface area (Å²) in [5.41, 5.74) is 0.948. The number of rotatable bonds is 2. The van der Waals surface area contributed by atoms with Gasteiger partial charge in [0.05, 0.1) is 12.6 Å². The lowest BCUT2D eigenvalue weighted by Gasteiger charge is -2.11. The fourth-order valence-electron chi connectivity index (χ4n) is 1.58. The molecule has 0 radical (unpaired) electrons. The van der Waals surface area contributed by atoms with Crippen LogP contribution in [0, 0.1) is 6.92 Å². The lowest BCUT2D eigenvalue weighted by atomic mass is 10.2. The second-order valence-electron chi connectivity index (χ2n) is 3.75. The molecule has 1 heterocycles. The van der Waals surface area contributed by atoms with E-state index >= 15 is 0 Å². The summed E-state index contributed by atoms with van der Waals surface area (Å²) >= 11 is 0. The molecule has 0 spiro atoms. The highest BCUT2D eigenvalue weighted by Gasteiger charge is 2.35. The molecule has 0 aliphatic heterocycles. The lowest BCUT2D eigenvalue weighted by Crippen LogP contribution is -2.30. The molecular formula is C11H9F3N2O3. The Labute approximate surface area is 105 Å². The summed E-state index contributed by atoms with van der Waals surface area (Å²) in [7, 11) is 1.05. The van der Waals surface area contributed by atoms with E-state index < -0.39 is 18.2 Å². The zero-order chi connectivity index (χ0) is 14.2. The van der Waals surface area contributed by atoms with Crippen molar-refractivity contribution in [2.45, 2.75) is 13.3 Å². The number of aryl methyl sites for hydroxylation is 1. The number of aromatic nitrogens is 2. The number of alkyl halides is 3. The molecule has 0 saturated carbocycles. The van der Waals surface area contributed by atoms with Crippen molar-refractivity contribution >= 4 is 17.0 Å². The van der Waals surface area contributed by atoms with Gasteiger partial charge in [0.2, 0.25) is 0 Å². The van der Waals surface area contributed by atoms with Gasteiger partial charge in [-0.2, -0.15) is 0 Å². The fourth-order valence-corrected chi connectivity index (χ4v) is 1.58. The van der Waals surface area contributed by atoms with Gasteiger partial charge in [0.25, 0.3) is 5.82 Å². The first kappa shape index (κ1) is 13.2. The summed E-state index contributed by atoms with van der Waals surface area (Å²) in [6.45, 7) is 1.70. The molecule has 2 aromatic rings.